The molecule has 4 nitrogen and oxygen atoms in total. The number of anilines is 1. The molecule has 0 heterocycles. The maximum Gasteiger partial charge on any atom is 0.264 e. The predicted molar refractivity (Wildman–Crippen MR) is 96.9 cm³/mol. The molecule has 0 aromatic heterocycles. The molecule has 2 aromatic rings. The highest BCUT2D eigenvalue weighted by molar-refractivity contribution is 9.10. The lowest BCUT2D eigenvalue weighted by molar-refractivity contribution is 0.411. The number of hydrogen-bond acceptors (Lipinski definition) is 3. The highest BCUT2D eigenvalue weighted by atomic mass is 79.9. The molecule has 0 atom stereocenters. The Hall–Kier alpha value is -1.53. The first-order valence-electron chi connectivity index (χ1n) is 7.08. The minimum Gasteiger partial charge on any atom is -0.496 e. The number of methoxy groups -OCH3 is 1. The number of nitrogens with zero attached hydrogens (tertiary/aromatic N) is 1. The highest BCUT2D eigenvalue weighted by Gasteiger charge is 2.24. The molecule has 0 N–H and O–H groups in total. The van der Waals surface area contributed by atoms with Crippen LogP contribution >= 0.6 is 15.9 Å². The summed E-state index contributed by atoms with van der Waals surface area (Å²) in [6, 6.07) is 8.72. The quantitative estimate of drug-likeness (QED) is 0.775. The van der Waals surface area contributed by atoms with Crippen molar-refractivity contribution in [2.24, 2.45) is 0 Å². The van der Waals surface area contributed by atoms with Gasteiger partial charge in [-0.2, -0.15) is 0 Å². The van der Waals surface area contributed by atoms with Gasteiger partial charge in [0.25, 0.3) is 10.0 Å². The van der Waals surface area contributed by atoms with Gasteiger partial charge in [0.2, 0.25) is 0 Å². The summed E-state index contributed by atoms with van der Waals surface area (Å²) < 4.78 is 33.0. The SMILES string of the molecule is COc1ccc(S(=O)(=O)N(C)c2c(C)cc(C)cc2C)cc1Br. The van der Waals surface area contributed by atoms with Crippen LogP contribution in [0, 0.1) is 20.8 Å². The van der Waals surface area contributed by atoms with E-state index >= 15 is 0 Å². The molecule has 0 aliphatic heterocycles. The number of rotatable bonds is 4. The van der Waals surface area contributed by atoms with Crippen molar-refractivity contribution in [1.82, 2.24) is 0 Å². The van der Waals surface area contributed by atoms with E-state index in [1.165, 1.54) is 4.31 Å². The summed E-state index contributed by atoms with van der Waals surface area (Å²) in [5.74, 6) is 0.592. The lowest BCUT2D eigenvalue weighted by Gasteiger charge is -2.24. The maximum absolute atomic E-state index is 12.9. The van der Waals surface area contributed by atoms with Crippen LogP contribution in [0.4, 0.5) is 5.69 Å². The van der Waals surface area contributed by atoms with E-state index in [2.05, 4.69) is 15.9 Å². The third-order valence-corrected chi connectivity index (χ3v) is 6.10. The van der Waals surface area contributed by atoms with Crippen LogP contribution < -0.4 is 9.04 Å². The molecule has 0 fully saturated rings. The summed E-state index contributed by atoms with van der Waals surface area (Å²) in [5.41, 5.74) is 3.69. The van der Waals surface area contributed by atoms with E-state index < -0.39 is 10.0 Å². The molecule has 6 heteroatoms. The molecule has 2 rings (SSSR count). The Morgan fingerprint density at radius 1 is 1.04 bits per heavy atom. The van der Waals surface area contributed by atoms with Crippen LogP contribution in [0.1, 0.15) is 16.7 Å². The standard InChI is InChI=1S/C17H20BrNO3S/c1-11-8-12(2)17(13(3)9-11)19(4)23(20,21)14-6-7-16(22-5)15(18)10-14/h6-10H,1-5H3. The molecule has 0 spiro atoms. The van der Waals surface area contributed by atoms with Crippen molar-refractivity contribution in [2.45, 2.75) is 25.7 Å². The van der Waals surface area contributed by atoms with Crippen LogP contribution in [0.5, 0.6) is 5.75 Å². The fraction of sp³-hybridized carbons (Fsp3) is 0.294. The molecule has 0 amide bonds. The van der Waals surface area contributed by atoms with Crippen LogP contribution in [0.25, 0.3) is 0 Å². The van der Waals surface area contributed by atoms with Crippen molar-refractivity contribution in [3.05, 3.63) is 51.5 Å². The first-order valence-corrected chi connectivity index (χ1v) is 9.32. The van der Waals surface area contributed by atoms with E-state index in [4.69, 9.17) is 4.74 Å². The van der Waals surface area contributed by atoms with Gasteiger partial charge in [0, 0.05) is 7.05 Å². The Morgan fingerprint density at radius 2 is 1.61 bits per heavy atom. The summed E-state index contributed by atoms with van der Waals surface area (Å²) in [6.45, 7) is 5.84. The van der Waals surface area contributed by atoms with E-state index in [1.54, 1.807) is 32.4 Å². The molecule has 23 heavy (non-hydrogen) atoms. The summed E-state index contributed by atoms with van der Waals surface area (Å²) in [6.07, 6.45) is 0. The van der Waals surface area contributed by atoms with E-state index in [9.17, 15) is 8.42 Å². The second-order valence-electron chi connectivity index (χ2n) is 5.52. The number of sulfonamides is 1. The molecule has 0 aliphatic rings. The van der Waals surface area contributed by atoms with Crippen molar-refractivity contribution in [3.8, 4) is 5.75 Å². The van der Waals surface area contributed by atoms with Gasteiger partial charge in [-0.1, -0.05) is 17.7 Å². The molecule has 0 saturated heterocycles. The Labute approximate surface area is 146 Å². The van der Waals surface area contributed by atoms with Crippen molar-refractivity contribution >= 4 is 31.6 Å². The smallest absolute Gasteiger partial charge is 0.264 e. The number of halogens is 1. The van der Waals surface area contributed by atoms with Crippen LogP contribution in [0.3, 0.4) is 0 Å². The lowest BCUT2D eigenvalue weighted by atomic mass is 10.1. The summed E-state index contributed by atoms with van der Waals surface area (Å²) in [5, 5.41) is 0. The molecular formula is C17H20BrNO3S. The highest BCUT2D eigenvalue weighted by Crippen LogP contribution is 2.32. The van der Waals surface area contributed by atoms with Crippen molar-refractivity contribution in [2.75, 3.05) is 18.5 Å². The van der Waals surface area contributed by atoms with E-state index in [1.807, 2.05) is 32.9 Å². The summed E-state index contributed by atoms with van der Waals surface area (Å²) in [4.78, 5) is 0.215. The van der Waals surface area contributed by atoms with Crippen molar-refractivity contribution in [3.63, 3.8) is 0 Å². The van der Waals surface area contributed by atoms with Crippen molar-refractivity contribution < 1.29 is 13.2 Å². The van der Waals surface area contributed by atoms with Gasteiger partial charge in [0.05, 0.1) is 22.2 Å². The molecule has 124 valence electrons. The van der Waals surface area contributed by atoms with Crippen LogP contribution in [-0.2, 0) is 10.0 Å². The zero-order chi connectivity index (χ0) is 17.4. The van der Waals surface area contributed by atoms with Gasteiger partial charge in [-0.15, -0.1) is 0 Å². The van der Waals surface area contributed by atoms with Crippen LogP contribution in [-0.4, -0.2) is 22.6 Å². The zero-order valence-corrected chi connectivity index (χ0v) is 16.2. The molecule has 0 unspecified atom stereocenters. The minimum absolute atomic E-state index is 0.215. The topological polar surface area (TPSA) is 46.6 Å². The van der Waals surface area contributed by atoms with Gasteiger partial charge < -0.3 is 4.74 Å². The predicted octanol–water partition coefficient (Wildman–Crippen LogP) is 4.21. The molecule has 0 bridgehead atoms. The van der Waals surface area contributed by atoms with Gasteiger partial charge in [0.15, 0.2) is 0 Å². The largest absolute Gasteiger partial charge is 0.496 e. The molecule has 0 saturated carbocycles. The Morgan fingerprint density at radius 3 is 2.09 bits per heavy atom. The van der Waals surface area contributed by atoms with Gasteiger partial charge >= 0.3 is 0 Å². The second kappa shape index (κ2) is 6.53. The van der Waals surface area contributed by atoms with E-state index in [0.717, 1.165) is 16.7 Å². The zero-order valence-electron chi connectivity index (χ0n) is 13.8. The monoisotopic (exact) mass is 397 g/mol. The average molecular weight is 398 g/mol. The maximum atomic E-state index is 12.9. The van der Waals surface area contributed by atoms with Crippen LogP contribution in [0.15, 0.2) is 39.7 Å². The number of hydrogen-bond donors (Lipinski definition) is 0. The number of aryl methyl sites for hydroxylation is 3. The lowest BCUT2D eigenvalue weighted by Crippen LogP contribution is -2.28. The Kier molecular flexibility index (Phi) is 5.06. The first-order chi connectivity index (χ1) is 10.7. The van der Waals surface area contributed by atoms with Gasteiger partial charge in [-0.3, -0.25) is 4.31 Å². The Balaban J connectivity index is 2.54. The third kappa shape index (κ3) is 3.38. The Bertz CT molecular complexity index is 824. The van der Waals surface area contributed by atoms with Gasteiger partial charge in [-0.25, -0.2) is 8.42 Å². The van der Waals surface area contributed by atoms with Gasteiger partial charge in [0.1, 0.15) is 5.75 Å². The van der Waals surface area contributed by atoms with Gasteiger partial charge in [-0.05, 0) is 66.0 Å². The second-order valence-corrected chi connectivity index (χ2v) is 8.34. The van der Waals surface area contributed by atoms with E-state index in [-0.39, 0.29) is 4.90 Å². The first kappa shape index (κ1) is 17.8. The molecular weight excluding hydrogens is 378 g/mol. The summed E-state index contributed by atoms with van der Waals surface area (Å²) >= 11 is 3.34. The fourth-order valence-corrected chi connectivity index (χ4v) is 4.80. The minimum atomic E-state index is -3.65. The average Bonchev–Trinajstić information content (AvgIpc) is 2.45. The fourth-order valence-electron chi connectivity index (χ4n) is 2.75. The third-order valence-electron chi connectivity index (χ3n) is 3.73. The van der Waals surface area contributed by atoms with E-state index in [0.29, 0.717) is 15.9 Å². The normalized spacial score (nSPS) is 11.4. The van der Waals surface area contributed by atoms with Crippen molar-refractivity contribution in [1.29, 1.82) is 0 Å². The van der Waals surface area contributed by atoms with Crippen LogP contribution in [0.2, 0.25) is 0 Å². The molecule has 0 aliphatic carbocycles. The summed E-state index contributed by atoms with van der Waals surface area (Å²) in [7, 11) is -0.527. The molecule has 2 aromatic carbocycles. The number of benzene rings is 2. The molecule has 0 radical (unpaired) electrons. The number of ether oxygens (including phenoxy) is 1.